The van der Waals surface area contributed by atoms with Gasteiger partial charge >= 0.3 is 0 Å². The van der Waals surface area contributed by atoms with E-state index in [9.17, 15) is 4.79 Å². The largest absolute Gasteiger partial charge is 0.497 e. The summed E-state index contributed by atoms with van der Waals surface area (Å²) in [5.41, 5.74) is 8.03. The van der Waals surface area contributed by atoms with Crippen molar-refractivity contribution in [1.82, 2.24) is 14.8 Å². The number of nitrogens with zero attached hydrogens (tertiary/aromatic N) is 3. The Balaban J connectivity index is 1.77. The lowest BCUT2D eigenvalue weighted by molar-refractivity contribution is 0.0960. The molecular formula is C20H15BrN4O2. The molecule has 0 radical (unpaired) electrons. The lowest BCUT2D eigenvalue weighted by atomic mass is 10.2. The van der Waals surface area contributed by atoms with Crippen LogP contribution in [-0.2, 0) is 0 Å². The molecule has 27 heavy (non-hydrogen) atoms. The maximum atomic E-state index is 12.7. The van der Waals surface area contributed by atoms with Gasteiger partial charge in [-0.2, -0.15) is 4.68 Å². The number of fused-ring (bicyclic) bond motifs is 2. The molecule has 2 heterocycles. The lowest BCUT2D eigenvalue weighted by Crippen LogP contribution is -2.10. The van der Waals surface area contributed by atoms with Crippen molar-refractivity contribution in [2.45, 2.75) is 0 Å². The molecule has 0 aliphatic carbocycles. The molecule has 7 heteroatoms. The van der Waals surface area contributed by atoms with Gasteiger partial charge in [0.2, 0.25) is 0 Å². The number of nitrogen functional groups attached to an aromatic ring is 1. The van der Waals surface area contributed by atoms with Crippen molar-refractivity contribution < 1.29 is 9.53 Å². The van der Waals surface area contributed by atoms with Gasteiger partial charge in [-0.3, -0.25) is 4.79 Å². The monoisotopic (exact) mass is 422 g/mol. The summed E-state index contributed by atoms with van der Waals surface area (Å²) in [7, 11) is 1.60. The molecule has 6 nitrogen and oxygen atoms in total. The summed E-state index contributed by atoms with van der Waals surface area (Å²) in [6, 6.07) is 15.1. The van der Waals surface area contributed by atoms with Gasteiger partial charge in [0, 0.05) is 22.0 Å². The van der Waals surface area contributed by atoms with Crippen LogP contribution in [0.4, 0.5) is 5.82 Å². The zero-order chi connectivity index (χ0) is 19.0. The van der Waals surface area contributed by atoms with E-state index < -0.39 is 0 Å². The minimum Gasteiger partial charge on any atom is -0.497 e. The average molecular weight is 423 g/mol. The van der Waals surface area contributed by atoms with Crippen LogP contribution in [0.1, 0.15) is 10.4 Å². The molecule has 0 fully saturated rings. The van der Waals surface area contributed by atoms with Gasteiger partial charge in [0.05, 0.1) is 18.0 Å². The van der Waals surface area contributed by atoms with Crippen LogP contribution in [0.25, 0.3) is 28.0 Å². The van der Waals surface area contributed by atoms with Crippen LogP contribution in [-0.4, -0.2) is 27.8 Å². The summed E-state index contributed by atoms with van der Waals surface area (Å²) >= 11 is 3.39. The van der Waals surface area contributed by atoms with Crippen molar-refractivity contribution >= 4 is 55.7 Å². The Kier molecular flexibility index (Phi) is 4.37. The molecule has 0 saturated carbocycles. The Labute approximate surface area is 163 Å². The maximum Gasteiger partial charge on any atom is 0.272 e. The Bertz CT molecular complexity index is 1200. The summed E-state index contributed by atoms with van der Waals surface area (Å²) in [6.07, 6.45) is 3.18. The minimum absolute atomic E-state index is 0.264. The summed E-state index contributed by atoms with van der Waals surface area (Å²) in [5, 5.41) is 5.71. The molecular weight excluding hydrogens is 408 g/mol. The zero-order valence-electron chi connectivity index (χ0n) is 14.4. The lowest BCUT2D eigenvalue weighted by Gasteiger charge is -2.03. The number of hydrogen-bond acceptors (Lipinski definition) is 5. The zero-order valence-corrected chi connectivity index (χ0v) is 16.0. The van der Waals surface area contributed by atoms with E-state index in [0.29, 0.717) is 22.3 Å². The van der Waals surface area contributed by atoms with E-state index in [0.717, 1.165) is 15.4 Å². The maximum absolute atomic E-state index is 12.7. The second kappa shape index (κ2) is 6.85. The Morgan fingerprint density at radius 3 is 2.70 bits per heavy atom. The van der Waals surface area contributed by atoms with Gasteiger partial charge in [-0.25, -0.2) is 4.98 Å². The van der Waals surface area contributed by atoms with Crippen LogP contribution in [0.5, 0.6) is 5.75 Å². The first-order valence-corrected chi connectivity index (χ1v) is 8.95. The quantitative estimate of drug-likeness (QED) is 0.497. The predicted molar refractivity (Wildman–Crippen MR) is 110 cm³/mol. The van der Waals surface area contributed by atoms with Crippen LogP contribution >= 0.6 is 15.9 Å². The standard InChI is InChI=1S/C20H15BrN4O2/c1-27-15-8-5-13-10-16-19(22)24-25(20(16)23-17(13)11-15)18(26)9-4-12-2-6-14(21)7-3-12/h2-11H,1H3,(H2,22,24). The number of halogens is 1. The fourth-order valence-electron chi connectivity index (χ4n) is 2.79. The normalized spacial score (nSPS) is 11.5. The van der Waals surface area contributed by atoms with Gasteiger partial charge in [-0.1, -0.05) is 28.1 Å². The minimum atomic E-state index is -0.325. The number of carbonyl (C=O) groups excluding carboxylic acids is 1. The number of methoxy groups -OCH3 is 1. The molecule has 0 amide bonds. The summed E-state index contributed by atoms with van der Waals surface area (Å²) < 4.78 is 7.44. The predicted octanol–water partition coefficient (Wildman–Crippen LogP) is 4.29. The number of pyridine rings is 1. The third-order valence-corrected chi connectivity index (χ3v) is 4.71. The third kappa shape index (κ3) is 3.29. The van der Waals surface area contributed by atoms with Gasteiger partial charge in [0.25, 0.3) is 5.91 Å². The number of ether oxygens (including phenoxy) is 1. The molecule has 0 aliphatic heterocycles. The topological polar surface area (TPSA) is 83.0 Å². The molecule has 0 unspecified atom stereocenters. The Morgan fingerprint density at radius 2 is 1.96 bits per heavy atom. The van der Waals surface area contributed by atoms with E-state index in [1.165, 1.54) is 10.8 Å². The summed E-state index contributed by atoms with van der Waals surface area (Å²) in [6.45, 7) is 0. The van der Waals surface area contributed by atoms with Crippen LogP contribution in [0.2, 0.25) is 0 Å². The van der Waals surface area contributed by atoms with E-state index in [1.54, 1.807) is 13.2 Å². The van der Waals surface area contributed by atoms with Crippen molar-refractivity contribution in [1.29, 1.82) is 0 Å². The van der Waals surface area contributed by atoms with Crippen LogP contribution < -0.4 is 10.5 Å². The number of benzene rings is 2. The summed E-state index contributed by atoms with van der Waals surface area (Å²) in [5.74, 6) is 0.629. The van der Waals surface area contributed by atoms with E-state index in [-0.39, 0.29) is 11.7 Å². The van der Waals surface area contributed by atoms with Gasteiger partial charge in [0.15, 0.2) is 11.5 Å². The fourth-order valence-corrected chi connectivity index (χ4v) is 3.05. The second-order valence-electron chi connectivity index (χ2n) is 5.94. The number of hydrogen-bond donors (Lipinski definition) is 1. The molecule has 0 spiro atoms. The summed E-state index contributed by atoms with van der Waals surface area (Å²) in [4.78, 5) is 17.2. The number of allylic oxidation sites excluding steroid dienone is 1. The molecule has 4 aromatic rings. The highest BCUT2D eigenvalue weighted by Gasteiger charge is 2.15. The highest BCUT2D eigenvalue weighted by molar-refractivity contribution is 9.10. The smallest absolute Gasteiger partial charge is 0.272 e. The molecule has 2 aromatic heterocycles. The van der Waals surface area contributed by atoms with Crippen LogP contribution in [0.3, 0.4) is 0 Å². The van der Waals surface area contributed by atoms with Crippen molar-refractivity contribution in [3.8, 4) is 5.75 Å². The first-order chi connectivity index (χ1) is 13.0. The molecule has 0 saturated heterocycles. The van der Waals surface area contributed by atoms with Crippen molar-refractivity contribution in [3.63, 3.8) is 0 Å². The van der Waals surface area contributed by atoms with Crippen LogP contribution in [0.15, 0.2) is 59.1 Å². The molecule has 4 rings (SSSR count). The first-order valence-electron chi connectivity index (χ1n) is 8.16. The fraction of sp³-hybridized carbons (Fsp3) is 0.0500. The third-order valence-electron chi connectivity index (χ3n) is 4.19. The number of nitrogens with two attached hydrogens (primary N) is 1. The number of anilines is 1. The molecule has 134 valence electrons. The highest BCUT2D eigenvalue weighted by Crippen LogP contribution is 2.26. The van der Waals surface area contributed by atoms with E-state index >= 15 is 0 Å². The Morgan fingerprint density at radius 1 is 1.19 bits per heavy atom. The molecule has 0 bridgehead atoms. The second-order valence-corrected chi connectivity index (χ2v) is 6.85. The van der Waals surface area contributed by atoms with Crippen molar-refractivity contribution in [2.75, 3.05) is 12.8 Å². The molecule has 0 atom stereocenters. The molecule has 0 aliphatic rings. The average Bonchev–Trinajstić information content (AvgIpc) is 3.01. The van der Waals surface area contributed by atoms with E-state index in [4.69, 9.17) is 10.5 Å². The number of rotatable bonds is 3. The van der Waals surface area contributed by atoms with E-state index in [1.807, 2.05) is 48.5 Å². The number of aromatic nitrogens is 3. The van der Waals surface area contributed by atoms with Gasteiger partial charge in [-0.15, -0.1) is 5.10 Å². The van der Waals surface area contributed by atoms with E-state index in [2.05, 4.69) is 26.0 Å². The Hall–Kier alpha value is -3.19. The van der Waals surface area contributed by atoms with Crippen molar-refractivity contribution in [3.05, 3.63) is 64.6 Å². The van der Waals surface area contributed by atoms with Gasteiger partial charge in [0.1, 0.15) is 5.75 Å². The molecule has 2 N–H and O–H groups in total. The number of carbonyl (C=O) groups is 1. The first kappa shape index (κ1) is 17.2. The highest BCUT2D eigenvalue weighted by atomic mass is 79.9. The van der Waals surface area contributed by atoms with Gasteiger partial charge in [-0.05, 0) is 42.0 Å². The molecule has 2 aromatic carbocycles. The van der Waals surface area contributed by atoms with Crippen molar-refractivity contribution in [2.24, 2.45) is 0 Å². The van der Waals surface area contributed by atoms with Gasteiger partial charge < -0.3 is 10.5 Å². The SMILES string of the molecule is COc1ccc2cc3c(N)nn(C(=O)C=Cc4ccc(Br)cc4)c3nc2c1. The van der Waals surface area contributed by atoms with Crippen LogP contribution in [0, 0.1) is 0 Å².